The summed E-state index contributed by atoms with van der Waals surface area (Å²) in [5, 5.41) is 5.64. The zero-order chi connectivity index (χ0) is 17.6. The van der Waals surface area contributed by atoms with Gasteiger partial charge in [-0.1, -0.05) is 12.1 Å². The molecule has 0 saturated heterocycles. The van der Waals surface area contributed by atoms with Crippen LogP contribution < -0.4 is 10.6 Å². The van der Waals surface area contributed by atoms with Crippen LogP contribution in [0.4, 0.5) is 20.3 Å². The van der Waals surface area contributed by atoms with Crippen molar-refractivity contribution in [1.82, 2.24) is 9.97 Å². The van der Waals surface area contributed by atoms with Crippen molar-refractivity contribution in [2.24, 2.45) is 0 Å². The molecule has 0 aliphatic carbocycles. The van der Waals surface area contributed by atoms with Crippen molar-refractivity contribution in [3.63, 3.8) is 0 Å². The first-order chi connectivity index (χ1) is 12.1. The first-order valence-corrected chi connectivity index (χ1v) is 7.47. The van der Waals surface area contributed by atoms with Crippen molar-refractivity contribution in [2.45, 2.75) is 6.54 Å². The summed E-state index contributed by atoms with van der Waals surface area (Å²) in [5.74, 6) is -0.624. The van der Waals surface area contributed by atoms with Crippen LogP contribution in [0.1, 0.15) is 16.1 Å². The number of rotatable bonds is 5. The first kappa shape index (κ1) is 16.5. The fourth-order valence-corrected chi connectivity index (χ4v) is 2.06. The van der Waals surface area contributed by atoms with Gasteiger partial charge in [-0.25, -0.2) is 18.7 Å². The van der Waals surface area contributed by atoms with Crippen LogP contribution in [0.25, 0.3) is 0 Å². The van der Waals surface area contributed by atoms with E-state index in [1.54, 1.807) is 12.1 Å². The minimum atomic E-state index is -0.441. The zero-order valence-electron chi connectivity index (χ0n) is 13.0. The van der Waals surface area contributed by atoms with Gasteiger partial charge in [-0.15, -0.1) is 0 Å². The summed E-state index contributed by atoms with van der Waals surface area (Å²) in [6.07, 6.45) is 2.77. The molecule has 0 radical (unpaired) electrons. The summed E-state index contributed by atoms with van der Waals surface area (Å²) >= 11 is 0. The van der Waals surface area contributed by atoms with E-state index < -0.39 is 5.91 Å². The summed E-state index contributed by atoms with van der Waals surface area (Å²) < 4.78 is 25.7. The van der Waals surface area contributed by atoms with Crippen LogP contribution in [0.2, 0.25) is 0 Å². The molecule has 0 atom stereocenters. The second-order valence-electron chi connectivity index (χ2n) is 5.23. The second-order valence-corrected chi connectivity index (χ2v) is 5.23. The van der Waals surface area contributed by atoms with E-state index in [0.717, 1.165) is 5.56 Å². The molecular formula is C18H14F2N4O. The molecule has 1 aromatic heterocycles. The maximum atomic E-state index is 12.8. The fraction of sp³-hybridized carbons (Fsp3) is 0.0556. The quantitative estimate of drug-likeness (QED) is 0.744. The first-order valence-electron chi connectivity index (χ1n) is 7.47. The third kappa shape index (κ3) is 4.57. The van der Waals surface area contributed by atoms with Crippen molar-refractivity contribution in [3.05, 3.63) is 83.8 Å². The van der Waals surface area contributed by atoms with Gasteiger partial charge in [0.25, 0.3) is 5.91 Å². The number of aromatic nitrogens is 2. The average molecular weight is 340 g/mol. The Morgan fingerprint density at radius 1 is 0.880 bits per heavy atom. The minimum Gasteiger partial charge on any atom is -0.365 e. The predicted octanol–water partition coefficient (Wildman–Crippen LogP) is 3.62. The van der Waals surface area contributed by atoms with E-state index in [1.807, 2.05) is 0 Å². The van der Waals surface area contributed by atoms with Gasteiger partial charge in [-0.05, 0) is 42.0 Å². The highest BCUT2D eigenvalue weighted by molar-refractivity contribution is 6.02. The number of hydrogen-bond donors (Lipinski definition) is 2. The Bertz CT molecular complexity index is 850. The molecule has 5 nitrogen and oxygen atoms in total. The highest BCUT2D eigenvalue weighted by Gasteiger charge is 2.08. The molecule has 0 unspecified atom stereocenters. The van der Waals surface area contributed by atoms with Crippen LogP contribution >= 0.6 is 0 Å². The van der Waals surface area contributed by atoms with Gasteiger partial charge < -0.3 is 10.6 Å². The molecular weight excluding hydrogens is 326 g/mol. The highest BCUT2D eigenvalue weighted by atomic mass is 19.1. The Hall–Kier alpha value is -3.35. The molecule has 0 spiro atoms. The van der Waals surface area contributed by atoms with E-state index in [2.05, 4.69) is 20.6 Å². The molecule has 0 saturated carbocycles. The number of carbonyl (C=O) groups is 1. The van der Waals surface area contributed by atoms with Gasteiger partial charge in [0, 0.05) is 12.2 Å². The Morgan fingerprint density at radius 3 is 2.12 bits per heavy atom. The van der Waals surface area contributed by atoms with Gasteiger partial charge >= 0.3 is 0 Å². The van der Waals surface area contributed by atoms with Gasteiger partial charge in [0.1, 0.15) is 23.1 Å². The molecule has 1 amide bonds. The Balaban J connectivity index is 1.58. The van der Waals surface area contributed by atoms with Gasteiger partial charge in [0.05, 0.1) is 12.4 Å². The van der Waals surface area contributed by atoms with Crippen molar-refractivity contribution in [3.8, 4) is 0 Å². The Kier molecular flexibility index (Phi) is 4.94. The molecule has 0 fully saturated rings. The van der Waals surface area contributed by atoms with E-state index >= 15 is 0 Å². The van der Waals surface area contributed by atoms with E-state index in [4.69, 9.17) is 0 Å². The summed E-state index contributed by atoms with van der Waals surface area (Å²) in [7, 11) is 0. The number of nitrogens with zero attached hydrogens (tertiary/aromatic N) is 2. The molecule has 0 aliphatic heterocycles. The largest absolute Gasteiger partial charge is 0.365 e. The number of anilines is 2. The molecule has 1 heterocycles. The Labute approximate surface area is 142 Å². The summed E-state index contributed by atoms with van der Waals surface area (Å²) in [6, 6.07) is 11.5. The van der Waals surface area contributed by atoms with Gasteiger partial charge in [-0.2, -0.15) is 0 Å². The van der Waals surface area contributed by atoms with Gasteiger partial charge in [0.2, 0.25) is 0 Å². The van der Waals surface area contributed by atoms with Crippen molar-refractivity contribution < 1.29 is 13.6 Å². The maximum absolute atomic E-state index is 12.8. The van der Waals surface area contributed by atoms with E-state index in [1.165, 1.54) is 48.8 Å². The molecule has 3 rings (SSSR count). The molecule has 0 bridgehead atoms. The molecule has 2 aromatic carbocycles. The van der Waals surface area contributed by atoms with Crippen LogP contribution in [0, 0.1) is 11.6 Å². The van der Waals surface area contributed by atoms with Crippen LogP contribution in [0.3, 0.4) is 0 Å². The lowest BCUT2D eigenvalue weighted by Gasteiger charge is -2.07. The van der Waals surface area contributed by atoms with Crippen LogP contribution in [-0.2, 0) is 6.54 Å². The SMILES string of the molecule is O=C(Nc1ccc(F)cc1)c1cnc(NCc2ccc(F)cc2)cn1. The van der Waals surface area contributed by atoms with Gasteiger partial charge in [0.15, 0.2) is 0 Å². The third-order valence-electron chi connectivity index (χ3n) is 3.37. The minimum absolute atomic E-state index is 0.136. The maximum Gasteiger partial charge on any atom is 0.275 e. The standard InChI is InChI=1S/C18H14F2N4O/c19-13-3-1-12(2-4-13)9-22-17-11-21-16(10-23-17)18(25)24-15-7-5-14(20)6-8-15/h1-8,10-11H,9H2,(H,22,23)(H,24,25). The number of halogens is 2. The summed E-state index contributed by atoms with van der Waals surface area (Å²) in [6.45, 7) is 0.454. The van der Waals surface area contributed by atoms with Crippen LogP contribution in [0.15, 0.2) is 60.9 Å². The molecule has 3 aromatic rings. The van der Waals surface area contributed by atoms with Crippen molar-refractivity contribution >= 4 is 17.4 Å². The number of benzene rings is 2. The third-order valence-corrected chi connectivity index (χ3v) is 3.37. The average Bonchev–Trinajstić information content (AvgIpc) is 2.63. The molecule has 2 N–H and O–H groups in total. The number of carbonyl (C=O) groups excluding carboxylic acids is 1. The van der Waals surface area contributed by atoms with Crippen molar-refractivity contribution in [2.75, 3.05) is 10.6 Å². The molecule has 126 valence electrons. The number of amides is 1. The van der Waals surface area contributed by atoms with Gasteiger partial charge in [-0.3, -0.25) is 4.79 Å². The second kappa shape index (κ2) is 7.48. The molecule has 0 aliphatic rings. The highest BCUT2D eigenvalue weighted by Crippen LogP contribution is 2.11. The zero-order valence-corrected chi connectivity index (χ0v) is 13.0. The Morgan fingerprint density at radius 2 is 1.52 bits per heavy atom. The number of hydrogen-bond acceptors (Lipinski definition) is 4. The molecule has 25 heavy (non-hydrogen) atoms. The van der Waals surface area contributed by atoms with Crippen LogP contribution in [-0.4, -0.2) is 15.9 Å². The van der Waals surface area contributed by atoms with E-state index in [0.29, 0.717) is 18.1 Å². The monoisotopic (exact) mass is 340 g/mol. The number of nitrogens with one attached hydrogen (secondary N) is 2. The fourth-order valence-electron chi connectivity index (χ4n) is 2.06. The van der Waals surface area contributed by atoms with Crippen LogP contribution in [0.5, 0.6) is 0 Å². The molecule has 7 heteroatoms. The van der Waals surface area contributed by atoms with Crippen molar-refractivity contribution in [1.29, 1.82) is 0 Å². The lowest BCUT2D eigenvalue weighted by molar-refractivity contribution is 0.102. The lowest BCUT2D eigenvalue weighted by Crippen LogP contribution is -2.14. The lowest BCUT2D eigenvalue weighted by atomic mass is 10.2. The summed E-state index contributed by atoms with van der Waals surface area (Å²) in [5.41, 5.74) is 1.49. The smallest absolute Gasteiger partial charge is 0.275 e. The normalized spacial score (nSPS) is 10.3. The van der Waals surface area contributed by atoms with E-state index in [9.17, 15) is 13.6 Å². The topological polar surface area (TPSA) is 66.9 Å². The van der Waals surface area contributed by atoms with E-state index in [-0.39, 0.29) is 17.3 Å². The summed E-state index contributed by atoms with van der Waals surface area (Å²) in [4.78, 5) is 20.2. The predicted molar refractivity (Wildman–Crippen MR) is 90.1 cm³/mol.